The second-order valence-corrected chi connectivity index (χ2v) is 6.10. The molecule has 0 aromatic heterocycles. The van der Waals surface area contributed by atoms with E-state index in [1.807, 2.05) is 31.3 Å². The number of likely N-dealkylation sites (tertiary alicyclic amines) is 1. The minimum absolute atomic E-state index is 0.157. The molecule has 0 bridgehead atoms. The van der Waals surface area contributed by atoms with E-state index in [1.54, 1.807) is 7.11 Å². The topological polar surface area (TPSA) is 32.8 Å². The van der Waals surface area contributed by atoms with Crippen molar-refractivity contribution in [2.75, 3.05) is 47.4 Å². The predicted molar refractivity (Wildman–Crippen MR) is 85.0 cm³/mol. The molecule has 116 valence electrons. The lowest BCUT2D eigenvalue weighted by Gasteiger charge is -2.31. The Balaban J connectivity index is 1.84. The van der Waals surface area contributed by atoms with Crippen molar-refractivity contribution in [1.29, 1.82) is 0 Å². The molecule has 21 heavy (non-hydrogen) atoms. The number of hydrogen-bond acceptors (Lipinski definition) is 4. The molecule has 1 aromatic carbocycles. The number of carbonyl (C=O) groups excluding carboxylic acids is 1. The van der Waals surface area contributed by atoms with Gasteiger partial charge in [-0.05, 0) is 58.1 Å². The summed E-state index contributed by atoms with van der Waals surface area (Å²) < 4.78 is 5.17. The third kappa shape index (κ3) is 4.83. The third-order valence-electron chi connectivity index (χ3n) is 4.21. The van der Waals surface area contributed by atoms with Crippen LogP contribution in [0.25, 0.3) is 0 Å². The summed E-state index contributed by atoms with van der Waals surface area (Å²) in [7, 11) is 5.83. The molecule has 1 heterocycles. The molecule has 1 saturated heterocycles. The molecule has 2 rings (SSSR count). The zero-order chi connectivity index (χ0) is 15.2. The summed E-state index contributed by atoms with van der Waals surface area (Å²) in [5.41, 5.74) is 0.726. The summed E-state index contributed by atoms with van der Waals surface area (Å²) in [6, 6.07) is 7.39. The van der Waals surface area contributed by atoms with Crippen LogP contribution in [0.5, 0.6) is 5.75 Å². The molecule has 1 fully saturated rings. The first-order valence-electron chi connectivity index (χ1n) is 7.63. The second-order valence-electron chi connectivity index (χ2n) is 6.10. The summed E-state index contributed by atoms with van der Waals surface area (Å²) in [5, 5.41) is 0. The number of piperidine rings is 1. The highest BCUT2D eigenvalue weighted by Crippen LogP contribution is 2.17. The number of rotatable bonds is 6. The van der Waals surface area contributed by atoms with Gasteiger partial charge in [-0.3, -0.25) is 9.69 Å². The van der Waals surface area contributed by atoms with Gasteiger partial charge in [0.05, 0.1) is 13.7 Å². The molecule has 0 aliphatic carbocycles. The van der Waals surface area contributed by atoms with Crippen LogP contribution in [-0.4, -0.2) is 63.0 Å². The number of methoxy groups -OCH3 is 1. The lowest BCUT2D eigenvalue weighted by molar-refractivity contribution is 0.0924. The van der Waals surface area contributed by atoms with E-state index in [-0.39, 0.29) is 5.78 Å². The molecule has 0 amide bonds. The molecule has 1 aliphatic rings. The lowest BCUT2D eigenvalue weighted by atomic mass is 9.96. The van der Waals surface area contributed by atoms with Gasteiger partial charge in [-0.1, -0.05) is 12.1 Å². The number of benzene rings is 1. The maximum atomic E-state index is 12.3. The van der Waals surface area contributed by atoms with Gasteiger partial charge in [0, 0.05) is 12.1 Å². The number of ketones is 1. The van der Waals surface area contributed by atoms with E-state index >= 15 is 0 Å². The van der Waals surface area contributed by atoms with Crippen LogP contribution in [-0.2, 0) is 0 Å². The van der Waals surface area contributed by atoms with Gasteiger partial charge in [0.1, 0.15) is 5.75 Å². The maximum absolute atomic E-state index is 12.3. The van der Waals surface area contributed by atoms with E-state index in [0.717, 1.165) is 17.9 Å². The first-order chi connectivity index (χ1) is 10.1. The Morgan fingerprint density at radius 3 is 2.76 bits per heavy atom. The van der Waals surface area contributed by atoms with E-state index in [4.69, 9.17) is 4.74 Å². The molecule has 4 heteroatoms. The number of carbonyl (C=O) groups is 1. The maximum Gasteiger partial charge on any atom is 0.176 e. The highest BCUT2D eigenvalue weighted by molar-refractivity contribution is 5.97. The Labute approximate surface area is 127 Å². The van der Waals surface area contributed by atoms with Gasteiger partial charge in [-0.2, -0.15) is 0 Å². The van der Waals surface area contributed by atoms with Crippen molar-refractivity contribution in [3.05, 3.63) is 29.8 Å². The van der Waals surface area contributed by atoms with Crippen molar-refractivity contribution in [2.24, 2.45) is 5.92 Å². The highest BCUT2D eigenvalue weighted by Gasteiger charge is 2.19. The molecule has 0 saturated carbocycles. The predicted octanol–water partition coefficient (Wildman–Crippen LogP) is 2.15. The summed E-state index contributed by atoms with van der Waals surface area (Å²) in [6.07, 6.45) is 2.46. The average Bonchev–Trinajstić information content (AvgIpc) is 2.49. The summed E-state index contributed by atoms with van der Waals surface area (Å²) in [6.45, 7) is 3.81. The van der Waals surface area contributed by atoms with Gasteiger partial charge in [0.2, 0.25) is 0 Å². The van der Waals surface area contributed by atoms with Gasteiger partial charge in [-0.15, -0.1) is 0 Å². The zero-order valence-corrected chi connectivity index (χ0v) is 13.3. The van der Waals surface area contributed by atoms with Crippen molar-refractivity contribution in [2.45, 2.75) is 12.8 Å². The summed E-state index contributed by atoms with van der Waals surface area (Å²) in [4.78, 5) is 16.8. The Morgan fingerprint density at radius 2 is 2.10 bits per heavy atom. The van der Waals surface area contributed by atoms with E-state index in [1.165, 1.54) is 25.9 Å². The molecule has 1 aromatic rings. The second kappa shape index (κ2) is 7.57. The van der Waals surface area contributed by atoms with Crippen LogP contribution < -0.4 is 4.74 Å². The van der Waals surface area contributed by atoms with Crippen LogP contribution in [0.1, 0.15) is 23.2 Å². The smallest absolute Gasteiger partial charge is 0.176 e. The molecule has 0 radical (unpaired) electrons. The lowest BCUT2D eigenvalue weighted by Crippen LogP contribution is -2.37. The Kier molecular flexibility index (Phi) is 5.76. The zero-order valence-electron chi connectivity index (χ0n) is 13.3. The Bertz CT molecular complexity index is 468. The largest absolute Gasteiger partial charge is 0.497 e. The van der Waals surface area contributed by atoms with E-state index in [9.17, 15) is 4.79 Å². The first kappa shape index (κ1) is 16.0. The van der Waals surface area contributed by atoms with E-state index in [0.29, 0.717) is 12.5 Å². The molecule has 0 unspecified atom stereocenters. The van der Waals surface area contributed by atoms with Crippen LogP contribution in [0.15, 0.2) is 24.3 Å². The van der Waals surface area contributed by atoms with Crippen molar-refractivity contribution >= 4 is 5.78 Å². The molecule has 1 aliphatic heterocycles. The monoisotopic (exact) mass is 290 g/mol. The standard InChI is InChI=1S/C17H26N2O2/c1-18-9-7-14(8-10-18)12-19(2)13-17(20)15-5-4-6-16(11-15)21-3/h4-6,11,14H,7-10,12-13H2,1-3H3. The van der Waals surface area contributed by atoms with Gasteiger partial charge in [0.15, 0.2) is 5.78 Å². The summed E-state index contributed by atoms with van der Waals surface area (Å²) >= 11 is 0. The molecule has 0 N–H and O–H groups in total. The van der Waals surface area contributed by atoms with Crippen LogP contribution in [0, 0.1) is 5.92 Å². The number of ether oxygens (including phenoxy) is 1. The fourth-order valence-corrected chi connectivity index (χ4v) is 2.88. The van der Waals surface area contributed by atoms with Gasteiger partial charge in [-0.25, -0.2) is 0 Å². The van der Waals surface area contributed by atoms with Crippen molar-refractivity contribution < 1.29 is 9.53 Å². The normalized spacial score (nSPS) is 17.1. The summed E-state index contributed by atoms with van der Waals surface area (Å²) in [5.74, 6) is 1.60. The third-order valence-corrected chi connectivity index (χ3v) is 4.21. The van der Waals surface area contributed by atoms with E-state index < -0.39 is 0 Å². The van der Waals surface area contributed by atoms with Crippen molar-refractivity contribution in [3.8, 4) is 5.75 Å². The van der Waals surface area contributed by atoms with E-state index in [2.05, 4.69) is 16.8 Å². The minimum Gasteiger partial charge on any atom is -0.497 e. The van der Waals surface area contributed by atoms with Gasteiger partial charge < -0.3 is 9.64 Å². The van der Waals surface area contributed by atoms with Crippen LogP contribution in [0.2, 0.25) is 0 Å². The Hall–Kier alpha value is -1.39. The van der Waals surface area contributed by atoms with Crippen LogP contribution in [0.4, 0.5) is 0 Å². The first-order valence-corrected chi connectivity index (χ1v) is 7.63. The molecule has 4 nitrogen and oxygen atoms in total. The molecule has 0 spiro atoms. The van der Waals surface area contributed by atoms with Crippen molar-refractivity contribution in [3.63, 3.8) is 0 Å². The molecular weight excluding hydrogens is 264 g/mol. The van der Waals surface area contributed by atoms with Gasteiger partial charge >= 0.3 is 0 Å². The van der Waals surface area contributed by atoms with Crippen LogP contribution >= 0.6 is 0 Å². The number of nitrogens with zero attached hydrogens (tertiary/aromatic N) is 2. The highest BCUT2D eigenvalue weighted by atomic mass is 16.5. The SMILES string of the molecule is COc1cccc(C(=O)CN(C)CC2CCN(C)CC2)c1. The fourth-order valence-electron chi connectivity index (χ4n) is 2.88. The van der Waals surface area contributed by atoms with Crippen LogP contribution in [0.3, 0.4) is 0 Å². The molecule has 0 atom stereocenters. The Morgan fingerprint density at radius 1 is 1.38 bits per heavy atom. The number of likely N-dealkylation sites (N-methyl/N-ethyl adjacent to an activating group) is 1. The van der Waals surface area contributed by atoms with Crippen molar-refractivity contribution in [1.82, 2.24) is 9.80 Å². The fraction of sp³-hybridized carbons (Fsp3) is 0.588. The number of Topliss-reactive ketones (excluding diaryl/α,β-unsaturated/α-hetero) is 1. The number of hydrogen-bond donors (Lipinski definition) is 0. The average molecular weight is 290 g/mol. The molecular formula is C17H26N2O2. The van der Waals surface area contributed by atoms with Gasteiger partial charge in [0.25, 0.3) is 0 Å². The minimum atomic E-state index is 0.157. The quantitative estimate of drug-likeness (QED) is 0.752.